The summed E-state index contributed by atoms with van der Waals surface area (Å²) in [5.74, 6) is -1.11. The van der Waals surface area contributed by atoms with E-state index in [0.717, 1.165) is 11.1 Å². The van der Waals surface area contributed by atoms with Crippen molar-refractivity contribution >= 4 is 23.1 Å². The maximum absolute atomic E-state index is 13.1. The predicted octanol–water partition coefficient (Wildman–Crippen LogP) is 4.33. The molecule has 1 fully saturated rings. The minimum Gasteiger partial charge on any atom is -0.507 e. The molecule has 1 aliphatic heterocycles. The molecule has 0 spiro atoms. The Bertz CT molecular complexity index is 1200. The first-order valence-corrected chi connectivity index (χ1v) is 9.85. The second-order valence-corrected chi connectivity index (χ2v) is 7.46. The topological polar surface area (TPSA) is 79.7 Å². The summed E-state index contributed by atoms with van der Waals surface area (Å²) < 4.78 is 5.29. The van der Waals surface area contributed by atoms with Crippen molar-refractivity contribution in [1.82, 2.24) is 4.98 Å². The number of aliphatic hydroxyl groups is 1. The molecule has 3 aromatic rings. The van der Waals surface area contributed by atoms with Crippen LogP contribution in [0.1, 0.15) is 28.3 Å². The molecule has 31 heavy (non-hydrogen) atoms. The summed E-state index contributed by atoms with van der Waals surface area (Å²) >= 11 is 0. The number of carbonyl (C=O) groups excluding carboxylic acids is 2. The van der Waals surface area contributed by atoms with Crippen LogP contribution in [0.3, 0.4) is 0 Å². The molecule has 1 aromatic heterocycles. The maximum atomic E-state index is 13.1. The molecule has 0 bridgehead atoms. The first kappa shape index (κ1) is 20.3. The van der Waals surface area contributed by atoms with E-state index in [-0.39, 0.29) is 11.3 Å². The summed E-state index contributed by atoms with van der Waals surface area (Å²) in [6.45, 7) is 3.90. The van der Waals surface area contributed by atoms with Gasteiger partial charge in [-0.15, -0.1) is 0 Å². The second kappa shape index (κ2) is 8.07. The van der Waals surface area contributed by atoms with E-state index in [1.165, 1.54) is 12.0 Å². The fraction of sp³-hybridized carbons (Fsp3) is 0.160. The van der Waals surface area contributed by atoms with Gasteiger partial charge in [0.25, 0.3) is 11.7 Å². The van der Waals surface area contributed by atoms with Gasteiger partial charge in [-0.3, -0.25) is 19.5 Å². The minimum atomic E-state index is -0.817. The first-order valence-electron chi connectivity index (χ1n) is 9.85. The van der Waals surface area contributed by atoms with Crippen molar-refractivity contribution in [2.75, 3.05) is 12.0 Å². The van der Waals surface area contributed by atoms with Gasteiger partial charge < -0.3 is 9.84 Å². The van der Waals surface area contributed by atoms with Crippen molar-refractivity contribution in [3.63, 3.8) is 0 Å². The molecule has 0 saturated carbocycles. The second-order valence-electron chi connectivity index (χ2n) is 7.46. The number of ether oxygens (including phenoxy) is 1. The molecule has 0 radical (unpaired) electrons. The van der Waals surface area contributed by atoms with Gasteiger partial charge in [-0.05, 0) is 54.8 Å². The summed E-state index contributed by atoms with van der Waals surface area (Å²) in [5, 5.41) is 11.2. The molecule has 1 amide bonds. The number of ketones is 1. The predicted molar refractivity (Wildman–Crippen MR) is 118 cm³/mol. The summed E-state index contributed by atoms with van der Waals surface area (Å²) in [6, 6.07) is 15.1. The number of aliphatic hydroxyl groups excluding tert-OH is 1. The molecule has 4 rings (SSSR count). The van der Waals surface area contributed by atoms with Crippen molar-refractivity contribution < 1.29 is 19.4 Å². The van der Waals surface area contributed by atoms with Crippen LogP contribution < -0.4 is 9.64 Å². The number of aromatic nitrogens is 1. The zero-order valence-electron chi connectivity index (χ0n) is 17.5. The van der Waals surface area contributed by atoms with Crippen molar-refractivity contribution in [2.24, 2.45) is 0 Å². The molecule has 156 valence electrons. The molecule has 1 N–H and O–H groups in total. The molecule has 2 heterocycles. The standard InChI is InChI=1S/C25H22N2O4/c1-15-9-10-17(12-16(15)2)23(28)21-22(18-6-5-11-26-14-18)27(25(30)24(21)29)19-7-4-8-20(13-19)31-3/h4-14,22,28H,1-3H3/b23-21+. The van der Waals surface area contributed by atoms with Crippen molar-refractivity contribution in [3.8, 4) is 5.75 Å². The number of benzene rings is 2. The highest BCUT2D eigenvalue weighted by Crippen LogP contribution is 2.42. The lowest BCUT2D eigenvalue weighted by atomic mass is 9.95. The fourth-order valence-electron chi connectivity index (χ4n) is 3.76. The summed E-state index contributed by atoms with van der Waals surface area (Å²) in [6.07, 6.45) is 3.21. The van der Waals surface area contributed by atoms with E-state index < -0.39 is 17.7 Å². The van der Waals surface area contributed by atoms with Crippen molar-refractivity contribution in [3.05, 3.63) is 94.8 Å². The lowest BCUT2D eigenvalue weighted by Crippen LogP contribution is -2.29. The Morgan fingerprint density at radius 2 is 1.84 bits per heavy atom. The molecule has 6 nitrogen and oxygen atoms in total. The van der Waals surface area contributed by atoms with Crippen LogP contribution >= 0.6 is 0 Å². The molecule has 0 aliphatic carbocycles. The largest absolute Gasteiger partial charge is 0.507 e. The molecule has 6 heteroatoms. The average molecular weight is 414 g/mol. The van der Waals surface area contributed by atoms with Gasteiger partial charge in [0, 0.05) is 29.7 Å². The fourth-order valence-corrected chi connectivity index (χ4v) is 3.76. The molecule has 1 saturated heterocycles. The highest BCUT2D eigenvalue weighted by atomic mass is 16.5. The third kappa shape index (κ3) is 3.57. The quantitative estimate of drug-likeness (QED) is 0.390. The van der Waals surface area contributed by atoms with Gasteiger partial charge >= 0.3 is 0 Å². The lowest BCUT2D eigenvalue weighted by Gasteiger charge is -2.25. The number of carbonyl (C=O) groups is 2. The van der Waals surface area contributed by atoms with Gasteiger partial charge in [0.2, 0.25) is 0 Å². The van der Waals surface area contributed by atoms with Crippen LogP contribution in [0.4, 0.5) is 5.69 Å². The van der Waals surface area contributed by atoms with E-state index in [9.17, 15) is 14.7 Å². The van der Waals surface area contributed by atoms with E-state index in [2.05, 4.69) is 4.98 Å². The number of Topliss-reactive ketones (excluding diaryl/α,β-unsaturated/α-hetero) is 1. The van der Waals surface area contributed by atoms with E-state index in [0.29, 0.717) is 22.6 Å². The smallest absolute Gasteiger partial charge is 0.300 e. The van der Waals surface area contributed by atoms with Gasteiger partial charge in [0.05, 0.1) is 18.7 Å². The number of rotatable bonds is 4. The lowest BCUT2D eigenvalue weighted by molar-refractivity contribution is -0.132. The van der Waals surface area contributed by atoms with Crippen LogP contribution in [0, 0.1) is 13.8 Å². The Hall–Kier alpha value is -3.93. The Balaban J connectivity index is 1.94. The van der Waals surface area contributed by atoms with Gasteiger partial charge in [0.15, 0.2) is 0 Å². The third-order valence-electron chi connectivity index (χ3n) is 5.56. The Morgan fingerprint density at radius 1 is 1.03 bits per heavy atom. The first-order chi connectivity index (χ1) is 14.9. The summed E-state index contributed by atoms with van der Waals surface area (Å²) in [4.78, 5) is 31.8. The molecule has 2 aromatic carbocycles. The zero-order chi connectivity index (χ0) is 22.1. The number of hydrogen-bond acceptors (Lipinski definition) is 5. The van der Waals surface area contributed by atoms with Gasteiger partial charge in [-0.1, -0.05) is 24.3 Å². The number of pyridine rings is 1. The van der Waals surface area contributed by atoms with Gasteiger partial charge in [-0.2, -0.15) is 0 Å². The maximum Gasteiger partial charge on any atom is 0.300 e. The Morgan fingerprint density at radius 3 is 2.52 bits per heavy atom. The summed E-state index contributed by atoms with van der Waals surface area (Å²) in [5.41, 5.74) is 3.68. The van der Waals surface area contributed by atoms with E-state index in [4.69, 9.17) is 4.74 Å². The van der Waals surface area contributed by atoms with Crippen LogP contribution in [0.5, 0.6) is 5.75 Å². The number of anilines is 1. The van der Waals surface area contributed by atoms with Crippen LogP contribution in [0.2, 0.25) is 0 Å². The number of nitrogens with zero attached hydrogens (tertiary/aromatic N) is 2. The average Bonchev–Trinajstić information content (AvgIpc) is 3.06. The monoisotopic (exact) mass is 414 g/mol. The number of methoxy groups -OCH3 is 1. The highest BCUT2D eigenvalue weighted by molar-refractivity contribution is 6.51. The van der Waals surface area contributed by atoms with Crippen LogP contribution in [0.15, 0.2) is 72.6 Å². The van der Waals surface area contributed by atoms with E-state index in [1.807, 2.05) is 26.0 Å². The van der Waals surface area contributed by atoms with Crippen LogP contribution in [-0.4, -0.2) is 28.9 Å². The zero-order valence-corrected chi connectivity index (χ0v) is 17.5. The number of aryl methyl sites for hydroxylation is 2. The number of hydrogen-bond donors (Lipinski definition) is 1. The van der Waals surface area contributed by atoms with Crippen LogP contribution in [0.25, 0.3) is 5.76 Å². The molecule has 1 atom stereocenters. The van der Waals surface area contributed by atoms with E-state index >= 15 is 0 Å². The highest BCUT2D eigenvalue weighted by Gasteiger charge is 2.47. The third-order valence-corrected chi connectivity index (χ3v) is 5.56. The van der Waals surface area contributed by atoms with Crippen LogP contribution in [-0.2, 0) is 9.59 Å². The minimum absolute atomic E-state index is 0.0315. The Kier molecular flexibility index (Phi) is 5.29. The van der Waals surface area contributed by atoms with E-state index in [1.54, 1.807) is 54.9 Å². The van der Waals surface area contributed by atoms with Gasteiger partial charge in [0.1, 0.15) is 11.5 Å². The Labute approximate surface area is 180 Å². The van der Waals surface area contributed by atoms with Crippen molar-refractivity contribution in [1.29, 1.82) is 0 Å². The number of amides is 1. The normalized spacial score (nSPS) is 17.8. The molecular weight excluding hydrogens is 392 g/mol. The molecule has 1 aliphatic rings. The van der Waals surface area contributed by atoms with Gasteiger partial charge in [-0.25, -0.2) is 0 Å². The summed E-state index contributed by atoms with van der Waals surface area (Å²) in [7, 11) is 1.53. The molecular formula is C25H22N2O4. The SMILES string of the molecule is COc1cccc(N2C(=O)C(=O)/C(=C(/O)c3ccc(C)c(C)c3)C2c2cccnc2)c1. The van der Waals surface area contributed by atoms with Crippen molar-refractivity contribution in [2.45, 2.75) is 19.9 Å². The molecule has 1 unspecified atom stereocenters.